The summed E-state index contributed by atoms with van der Waals surface area (Å²) in [5.74, 6) is 0.116. The first kappa shape index (κ1) is 10.3. The lowest BCUT2D eigenvalue weighted by molar-refractivity contribution is -0.117. The first-order valence-electron chi connectivity index (χ1n) is 5.90. The van der Waals surface area contributed by atoms with Crippen molar-refractivity contribution in [1.29, 1.82) is 0 Å². The summed E-state index contributed by atoms with van der Waals surface area (Å²) in [4.78, 5) is 22.8. The Bertz CT molecular complexity index is 490. The van der Waals surface area contributed by atoms with Gasteiger partial charge in [0.25, 0.3) is 0 Å². The Morgan fingerprint density at radius 2 is 1.35 bits per heavy atom. The fraction of sp³-hybridized carbons (Fsp3) is 0.385. The van der Waals surface area contributed by atoms with E-state index >= 15 is 0 Å². The van der Waals surface area contributed by atoms with E-state index in [4.69, 9.17) is 0 Å². The number of rotatable bonds is 0. The molecule has 4 heteroatoms. The molecule has 0 bridgehead atoms. The molecule has 2 aliphatic heterocycles. The molecule has 2 N–H and O–H groups in total. The lowest BCUT2D eigenvalue weighted by Crippen LogP contribution is -2.24. The molecule has 0 saturated carbocycles. The second-order valence-electron chi connectivity index (χ2n) is 4.67. The molecule has 0 aromatic heterocycles. The van der Waals surface area contributed by atoms with Crippen molar-refractivity contribution in [3.63, 3.8) is 0 Å². The molecule has 88 valence electrons. The number of hydrogen-bond acceptors (Lipinski definition) is 2. The molecule has 0 aliphatic carbocycles. The first-order chi connectivity index (χ1) is 8.15. The van der Waals surface area contributed by atoms with Crippen molar-refractivity contribution in [3.8, 4) is 0 Å². The van der Waals surface area contributed by atoms with Crippen LogP contribution in [0.15, 0.2) is 6.07 Å². The van der Waals surface area contributed by atoms with E-state index in [1.54, 1.807) is 0 Å². The Kier molecular flexibility index (Phi) is 2.18. The second-order valence-corrected chi connectivity index (χ2v) is 4.67. The number of hydrogen-bond donors (Lipinski definition) is 2. The molecule has 0 atom stereocenters. The standard InChI is InChI=1S/C13H14N2O2/c1-7-12-8(2-4-10(16)14-12)6-9-3-5-11(17)15-13(7)9/h6H,2-5H2,1H3,(H,14,16)(H,15,17). The van der Waals surface area contributed by atoms with Gasteiger partial charge in [0.2, 0.25) is 11.8 Å². The van der Waals surface area contributed by atoms with Crippen LogP contribution < -0.4 is 10.6 Å². The normalized spacial score (nSPS) is 17.9. The van der Waals surface area contributed by atoms with Gasteiger partial charge in [0.05, 0.1) is 0 Å². The molecule has 17 heavy (non-hydrogen) atoms. The maximum atomic E-state index is 11.4. The van der Waals surface area contributed by atoms with Crippen molar-refractivity contribution < 1.29 is 9.59 Å². The zero-order chi connectivity index (χ0) is 12.0. The highest BCUT2D eigenvalue weighted by atomic mass is 16.2. The highest BCUT2D eigenvalue weighted by molar-refractivity contribution is 6.00. The molecule has 1 aromatic rings. The Morgan fingerprint density at radius 3 is 1.82 bits per heavy atom. The van der Waals surface area contributed by atoms with Gasteiger partial charge in [0, 0.05) is 24.2 Å². The van der Waals surface area contributed by atoms with Crippen LogP contribution in [-0.2, 0) is 22.4 Å². The van der Waals surface area contributed by atoms with Crippen LogP contribution in [0, 0.1) is 6.92 Å². The molecule has 4 nitrogen and oxygen atoms in total. The summed E-state index contributed by atoms with van der Waals surface area (Å²) in [5, 5.41) is 5.81. The molecule has 0 spiro atoms. The number of carbonyl (C=O) groups excluding carboxylic acids is 2. The molecule has 2 amide bonds. The monoisotopic (exact) mass is 230 g/mol. The van der Waals surface area contributed by atoms with Gasteiger partial charge in [-0.25, -0.2) is 0 Å². The highest BCUT2D eigenvalue weighted by Gasteiger charge is 2.24. The quantitative estimate of drug-likeness (QED) is 0.713. The third-order valence-electron chi connectivity index (χ3n) is 3.51. The van der Waals surface area contributed by atoms with Gasteiger partial charge in [0.15, 0.2) is 0 Å². The molecule has 0 unspecified atom stereocenters. The zero-order valence-electron chi connectivity index (χ0n) is 9.72. The summed E-state index contributed by atoms with van der Waals surface area (Å²) in [6.45, 7) is 1.95. The van der Waals surface area contributed by atoms with Gasteiger partial charge in [-0.05, 0) is 36.5 Å². The Balaban J connectivity index is 2.15. The van der Waals surface area contributed by atoms with Gasteiger partial charge >= 0.3 is 0 Å². The summed E-state index contributed by atoms with van der Waals surface area (Å²) >= 11 is 0. The number of amides is 2. The first-order valence-corrected chi connectivity index (χ1v) is 5.90. The number of fused-ring (bicyclic) bond motifs is 2. The SMILES string of the molecule is Cc1c2c(cc3c1NC(=O)CC3)CCC(=O)N2. The van der Waals surface area contributed by atoms with E-state index in [1.165, 1.54) is 11.1 Å². The summed E-state index contributed by atoms with van der Waals surface area (Å²) < 4.78 is 0. The molecular weight excluding hydrogens is 216 g/mol. The van der Waals surface area contributed by atoms with Crippen molar-refractivity contribution >= 4 is 23.2 Å². The average Bonchev–Trinajstić information content (AvgIpc) is 2.32. The van der Waals surface area contributed by atoms with E-state index in [9.17, 15) is 9.59 Å². The molecule has 2 heterocycles. The van der Waals surface area contributed by atoms with Gasteiger partial charge in [-0.15, -0.1) is 0 Å². The second kappa shape index (κ2) is 3.58. The van der Waals surface area contributed by atoms with Crippen molar-refractivity contribution in [1.82, 2.24) is 0 Å². The van der Waals surface area contributed by atoms with Crippen LogP contribution in [0.25, 0.3) is 0 Å². The Labute approximate surface area is 99.4 Å². The topological polar surface area (TPSA) is 58.2 Å². The summed E-state index contributed by atoms with van der Waals surface area (Å²) in [7, 11) is 0. The van der Waals surface area contributed by atoms with E-state index in [0.717, 1.165) is 29.8 Å². The van der Waals surface area contributed by atoms with Crippen LogP contribution >= 0.6 is 0 Å². The zero-order valence-corrected chi connectivity index (χ0v) is 9.72. The molecule has 0 fully saturated rings. The summed E-state index contributed by atoms with van der Waals surface area (Å²) in [5.41, 5.74) is 5.15. The predicted octanol–water partition coefficient (Wildman–Crippen LogP) is 1.76. The molecule has 0 radical (unpaired) electrons. The molecule has 3 rings (SSSR count). The fourth-order valence-corrected chi connectivity index (χ4v) is 2.60. The van der Waals surface area contributed by atoms with Crippen molar-refractivity contribution in [2.75, 3.05) is 10.6 Å². The van der Waals surface area contributed by atoms with E-state index in [1.807, 2.05) is 6.92 Å². The maximum absolute atomic E-state index is 11.4. The minimum absolute atomic E-state index is 0.0580. The lowest BCUT2D eigenvalue weighted by Gasteiger charge is -2.26. The minimum Gasteiger partial charge on any atom is -0.326 e. The van der Waals surface area contributed by atoms with Crippen LogP contribution in [0.4, 0.5) is 11.4 Å². The van der Waals surface area contributed by atoms with E-state index in [0.29, 0.717) is 12.8 Å². The number of aryl methyl sites for hydroxylation is 2. The van der Waals surface area contributed by atoms with E-state index in [2.05, 4.69) is 16.7 Å². The maximum Gasteiger partial charge on any atom is 0.224 e. The lowest BCUT2D eigenvalue weighted by atomic mass is 9.91. The average molecular weight is 230 g/mol. The summed E-state index contributed by atoms with van der Waals surface area (Å²) in [6, 6.07) is 2.12. The fourth-order valence-electron chi connectivity index (χ4n) is 2.60. The minimum atomic E-state index is 0.0580. The molecule has 2 aliphatic rings. The van der Waals surface area contributed by atoms with Crippen molar-refractivity contribution in [2.45, 2.75) is 32.6 Å². The van der Waals surface area contributed by atoms with Gasteiger partial charge in [-0.1, -0.05) is 6.07 Å². The number of carbonyl (C=O) groups is 2. The third kappa shape index (κ3) is 1.60. The predicted molar refractivity (Wildman–Crippen MR) is 65.1 cm³/mol. The van der Waals surface area contributed by atoms with Crippen LogP contribution in [0.2, 0.25) is 0 Å². The number of nitrogens with one attached hydrogen (secondary N) is 2. The smallest absolute Gasteiger partial charge is 0.224 e. The van der Waals surface area contributed by atoms with E-state index < -0.39 is 0 Å². The Morgan fingerprint density at radius 1 is 0.882 bits per heavy atom. The van der Waals surface area contributed by atoms with Crippen LogP contribution in [0.3, 0.4) is 0 Å². The van der Waals surface area contributed by atoms with Gasteiger partial charge < -0.3 is 10.6 Å². The van der Waals surface area contributed by atoms with E-state index in [-0.39, 0.29) is 11.8 Å². The number of anilines is 2. The van der Waals surface area contributed by atoms with Gasteiger partial charge in [-0.2, -0.15) is 0 Å². The molecular formula is C13H14N2O2. The highest BCUT2D eigenvalue weighted by Crippen LogP contribution is 2.36. The van der Waals surface area contributed by atoms with Crippen LogP contribution in [0.5, 0.6) is 0 Å². The van der Waals surface area contributed by atoms with Crippen molar-refractivity contribution in [3.05, 3.63) is 22.8 Å². The Hall–Kier alpha value is -1.84. The molecule has 0 saturated heterocycles. The summed E-state index contributed by atoms with van der Waals surface area (Å²) in [6.07, 6.45) is 2.70. The van der Waals surface area contributed by atoms with Crippen molar-refractivity contribution in [2.24, 2.45) is 0 Å². The third-order valence-corrected chi connectivity index (χ3v) is 3.51. The van der Waals surface area contributed by atoms with Crippen LogP contribution in [-0.4, -0.2) is 11.8 Å². The van der Waals surface area contributed by atoms with Gasteiger partial charge in [0.1, 0.15) is 0 Å². The molecule has 1 aromatic carbocycles. The van der Waals surface area contributed by atoms with Crippen LogP contribution in [0.1, 0.15) is 29.5 Å². The van der Waals surface area contributed by atoms with Gasteiger partial charge in [-0.3, -0.25) is 9.59 Å². The largest absolute Gasteiger partial charge is 0.326 e. The number of benzene rings is 1.